The lowest BCUT2D eigenvalue weighted by molar-refractivity contribution is 0.399. The summed E-state index contributed by atoms with van der Waals surface area (Å²) in [4.78, 5) is 8.29. The van der Waals surface area contributed by atoms with Crippen molar-refractivity contribution >= 4 is 22.6 Å². The molecule has 4 heteroatoms. The Hall–Kier alpha value is -1.35. The van der Waals surface area contributed by atoms with Gasteiger partial charge in [0.2, 0.25) is 5.88 Å². The molecule has 0 fully saturated rings. The van der Waals surface area contributed by atoms with Crippen LogP contribution in [-0.2, 0) is 0 Å². The lowest BCUT2D eigenvalue weighted by Crippen LogP contribution is -1.89. The van der Waals surface area contributed by atoms with E-state index in [1.807, 2.05) is 12.1 Å². The number of hydrogen-bond donors (Lipinski definition) is 0. The number of rotatable bonds is 1. The van der Waals surface area contributed by atoms with Crippen LogP contribution in [0.2, 0.25) is 5.02 Å². The van der Waals surface area contributed by atoms with Gasteiger partial charge in [-0.05, 0) is 12.1 Å². The summed E-state index contributed by atoms with van der Waals surface area (Å²) in [7, 11) is 1.56. The van der Waals surface area contributed by atoms with E-state index in [4.69, 9.17) is 16.3 Å². The predicted octanol–water partition coefficient (Wildman–Crippen LogP) is 2.29. The van der Waals surface area contributed by atoms with E-state index in [-0.39, 0.29) is 0 Å². The number of ether oxygens (including phenoxy) is 1. The zero-order chi connectivity index (χ0) is 9.26. The molecule has 2 aromatic heterocycles. The number of pyridine rings is 2. The fourth-order valence-corrected chi connectivity index (χ4v) is 1.34. The van der Waals surface area contributed by atoms with Crippen molar-refractivity contribution in [1.82, 2.24) is 9.97 Å². The quantitative estimate of drug-likeness (QED) is 0.699. The average Bonchev–Trinajstić information content (AvgIpc) is 2.18. The molecule has 0 aliphatic rings. The third-order valence-corrected chi connectivity index (χ3v) is 1.99. The molecule has 0 aromatic carbocycles. The summed E-state index contributed by atoms with van der Waals surface area (Å²) >= 11 is 5.96. The molecule has 2 heterocycles. The van der Waals surface area contributed by atoms with Crippen molar-refractivity contribution in [2.24, 2.45) is 0 Å². The van der Waals surface area contributed by atoms with Crippen LogP contribution in [-0.4, -0.2) is 17.1 Å². The van der Waals surface area contributed by atoms with Crippen LogP contribution in [0.15, 0.2) is 24.4 Å². The van der Waals surface area contributed by atoms with Gasteiger partial charge in [-0.1, -0.05) is 11.6 Å². The first-order valence-corrected chi connectivity index (χ1v) is 4.14. The van der Waals surface area contributed by atoms with E-state index in [0.717, 1.165) is 5.52 Å². The van der Waals surface area contributed by atoms with Gasteiger partial charge in [-0.25, -0.2) is 4.98 Å². The lowest BCUT2D eigenvalue weighted by atomic mass is 10.3. The summed E-state index contributed by atoms with van der Waals surface area (Å²) in [6, 6.07) is 5.30. The fourth-order valence-electron chi connectivity index (χ4n) is 1.10. The van der Waals surface area contributed by atoms with Crippen molar-refractivity contribution in [3.05, 3.63) is 29.4 Å². The third-order valence-electron chi connectivity index (χ3n) is 1.70. The Kier molecular flexibility index (Phi) is 2.02. The standard InChI is InChI=1S/C9H7ClN2O/c1-13-8-5-6(10)9-7(12-8)3-2-4-11-9/h2-5H,1H3. The summed E-state index contributed by atoms with van der Waals surface area (Å²) in [6.07, 6.45) is 1.68. The van der Waals surface area contributed by atoms with Gasteiger partial charge in [0.1, 0.15) is 5.52 Å². The van der Waals surface area contributed by atoms with Gasteiger partial charge in [0, 0.05) is 12.3 Å². The second-order valence-electron chi connectivity index (χ2n) is 2.52. The molecule has 0 atom stereocenters. The van der Waals surface area contributed by atoms with Gasteiger partial charge >= 0.3 is 0 Å². The maximum absolute atomic E-state index is 5.96. The van der Waals surface area contributed by atoms with Gasteiger partial charge in [-0.2, -0.15) is 0 Å². The Bertz CT molecular complexity index is 445. The van der Waals surface area contributed by atoms with E-state index in [0.29, 0.717) is 16.4 Å². The molecule has 0 radical (unpaired) electrons. The highest BCUT2D eigenvalue weighted by Crippen LogP contribution is 2.23. The summed E-state index contributed by atoms with van der Waals surface area (Å²) in [6.45, 7) is 0. The van der Waals surface area contributed by atoms with Gasteiger partial charge < -0.3 is 4.74 Å². The molecule has 13 heavy (non-hydrogen) atoms. The Labute approximate surface area is 80.3 Å². The average molecular weight is 195 g/mol. The molecule has 0 saturated heterocycles. The molecule has 2 rings (SSSR count). The van der Waals surface area contributed by atoms with Crippen LogP contribution in [0.4, 0.5) is 0 Å². The minimum atomic E-state index is 0.505. The second kappa shape index (κ2) is 3.18. The monoisotopic (exact) mass is 194 g/mol. The molecule has 2 aromatic rings. The van der Waals surface area contributed by atoms with Crippen molar-refractivity contribution < 1.29 is 4.74 Å². The Morgan fingerprint density at radius 1 is 1.46 bits per heavy atom. The highest BCUT2D eigenvalue weighted by atomic mass is 35.5. The first kappa shape index (κ1) is 8.26. The molecule has 0 bridgehead atoms. The maximum atomic E-state index is 5.96. The van der Waals surface area contributed by atoms with E-state index in [9.17, 15) is 0 Å². The van der Waals surface area contributed by atoms with Crippen molar-refractivity contribution in [1.29, 1.82) is 0 Å². The largest absolute Gasteiger partial charge is 0.481 e. The fraction of sp³-hybridized carbons (Fsp3) is 0.111. The molecule has 0 aliphatic heterocycles. The van der Waals surface area contributed by atoms with Crippen LogP contribution < -0.4 is 4.74 Å². The normalized spacial score (nSPS) is 10.3. The van der Waals surface area contributed by atoms with Crippen molar-refractivity contribution in [3.63, 3.8) is 0 Å². The maximum Gasteiger partial charge on any atom is 0.215 e. The highest BCUT2D eigenvalue weighted by Gasteiger charge is 2.03. The minimum Gasteiger partial charge on any atom is -0.481 e. The Morgan fingerprint density at radius 3 is 3.08 bits per heavy atom. The zero-order valence-electron chi connectivity index (χ0n) is 6.99. The summed E-state index contributed by atoms with van der Waals surface area (Å²) < 4.78 is 4.98. The molecule has 3 nitrogen and oxygen atoms in total. The summed E-state index contributed by atoms with van der Waals surface area (Å²) in [5, 5.41) is 0.558. The smallest absolute Gasteiger partial charge is 0.215 e. The topological polar surface area (TPSA) is 35.0 Å². The molecule has 66 valence electrons. The number of halogens is 1. The number of hydrogen-bond acceptors (Lipinski definition) is 3. The van der Waals surface area contributed by atoms with Gasteiger partial charge in [0.05, 0.1) is 17.6 Å². The van der Waals surface area contributed by atoms with E-state index in [2.05, 4.69) is 9.97 Å². The van der Waals surface area contributed by atoms with Gasteiger partial charge in [-0.15, -0.1) is 0 Å². The number of fused-ring (bicyclic) bond motifs is 1. The molecule has 0 saturated carbocycles. The third kappa shape index (κ3) is 1.42. The number of nitrogens with zero attached hydrogens (tertiary/aromatic N) is 2. The number of methoxy groups -OCH3 is 1. The number of aromatic nitrogens is 2. The summed E-state index contributed by atoms with van der Waals surface area (Å²) in [5.41, 5.74) is 1.44. The van der Waals surface area contributed by atoms with Crippen LogP contribution in [0.3, 0.4) is 0 Å². The molecule has 0 unspecified atom stereocenters. The Balaban J connectivity index is 2.77. The summed E-state index contributed by atoms with van der Waals surface area (Å²) in [5.74, 6) is 0.505. The van der Waals surface area contributed by atoms with Crippen LogP contribution in [0, 0.1) is 0 Å². The lowest BCUT2D eigenvalue weighted by Gasteiger charge is -2.01. The van der Waals surface area contributed by atoms with Crippen LogP contribution in [0.25, 0.3) is 11.0 Å². The van der Waals surface area contributed by atoms with Crippen molar-refractivity contribution in [3.8, 4) is 5.88 Å². The molecule has 0 spiro atoms. The van der Waals surface area contributed by atoms with E-state index < -0.39 is 0 Å². The van der Waals surface area contributed by atoms with Gasteiger partial charge in [0.25, 0.3) is 0 Å². The van der Waals surface area contributed by atoms with Crippen LogP contribution in [0.5, 0.6) is 5.88 Å². The second-order valence-corrected chi connectivity index (χ2v) is 2.92. The van der Waals surface area contributed by atoms with E-state index in [1.165, 1.54) is 0 Å². The molecular formula is C9H7ClN2O. The van der Waals surface area contributed by atoms with E-state index >= 15 is 0 Å². The first-order chi connectivity index (χ1) is 6.31. The SMILES string of the molecule is COc1cc(Cl)c2ncccc2n1. The first-order valence-electron chi connectivity index (χ1n) is 3.76. The van der Waals surface area contributed by atoms with Gasteiger partial charge in [0.15, 0.2) is 0 Å². The van der Waals surface area contributed by atoms with E-state index in [1.54, 1.807) is 19.4 Å². The highest BCUT2D eigenvalue weighted by molar-refractivity contribution is 6.34. The van der Waals surface area contributed by atoms with Crippen LogP contribution in [0.1, 0.15) is 0 Å². The molecule has 0 amide bonds. The van der Waals surface area contributed by atoms with Crippen LogP contribution >= 0.6 is 11.6 Å². The Morgan fingerprint density at radius 2 is 2.31 bits per heavy atom. The van der Waals surface area contributed by atoms with Crippen molar-refractivity contribution in [2.75, 3.05) is 7.11 Å². The molecule has 0 N–H and O–H groups in total. The molecular weight excluding hydrogens is 188 g/mol. The molecule has 0 aliphatic carbocycles. The van der Waals surface area contributed by atoms with Gasteiger partial charge in [-0.3, -0.25) is 4.98 Å². The minimum absolute atomic E-state index is 0.505. The predicted molar refractivity (Wildman–Crippen MR) is 51.1 cm³/mol. The zero-order valence-corrected chi connectivity index (χ0v) is 7.75. The van der Waals surface area contributed by atoms with Crippen molar-refractivity contribution in [2.45, 2.75) is 0 Å².